The van der Waals surface area contributed by atoms with Gasteiger partial charge in [-0.05, 0) is 32.0 Å². The minimum Gasteiger partial charge on any atom is -0.462 e. The molecule has 2 aromatic rings. The lowest BCUT2D eigenvalue weighted by molar-refractivity contribution is -0.169. The van der Waals surface area contributed by atoms with Crippen LogP contribution in [0.1, 0.15) is 31.4 Å². The number of rotatable bonds is 10. The number of nitrogens with zero attached hydrogens (tertiary/aromatic N) is 1. The largest absolute Gasteiger partial charge is 0.462 e. The number of carbonyl (C=O) groups excluding carboxylic acids is 1. The van der Waals surface area contributed by atoms with Crippen molar-refractivity contribution in [3.8, 4) is 11.5 Å². The Morgan fingerprint density at radius 2 is 1.62 bits per heavy atom. The summed E-state index contributed by atoms with van der Waals surface area (Å²) in [6, 6.07) is 14.8. The van der Waals surface area contributed by atoms with Gasteiger partial charge >= 0.3 is 5.97 Å². The van der Waals surface area contributed by atoms with Gasteiger partial charge in [0.2, 0.25) is 5.60 Å². The number of para-hydroxylation sites is 2. The van der Waals surface area contributed by atoms with Crippen LogP contribution >= 0.6 is 0 Å². The van der Waals surface area contributed by atoms with Crippen LogP contribution in [0.2, 0.25) is 0 Å². The predicted molar refractivity (Wildman–Crippen MR) is 110 cm³/mol. The van der Waals surface area contributed by atoms with Crippen molar-refractivity contribution in [2.24, 2.45) is 0 Å². The van der Waals surface area contributed by atoms with E-state index in [1.165, 1.54) is 0 Å². The molecule has 2 aromatic carbocycles. The van der Waals surface area contributed by atoms with Crippen molar-refractivity contribution in [3.05, 3.63) is 59.7 Å². The Hall–Kier alpha value is -2.41. The number of esters is 1. The summed E-state index contributed by atoms with van der Waals surface area (Å²) in [5.74, 6) is 0.719. The molecule has 1 aliphatic rings. The highest BCUT2D eigenvalue weighted by Gasteiger charge is 2.51. The molecular weight excluding hydrogens is 370 g/mol. The molecule has 1 N–H and O–H groups in total. The molecule has 0 saturated carbocycles. The second kappa shape index (κ2) is 9.87. The molecule has 1 aliphatic heterocycles. The lowest BCUT2D eigenvalue weighted by atomic mass is 9.83. The van der Waals surface area contributed by atoms with Crippen LogP contribution in [0.25, 0.3) is 0 Å². The van der Waals surface area contributed by atoms with Crippen LogP contribution in [-0.2, 0) is 19.9 Å². The molecule has 29 heavy (non-hydrogen) atoms. The average molecular weight is 399 g/mol. The quantitative estimate of drug-likeness (QED) is 0.618. The molecule has 0 fully saturated rings. The molecular formula is C23H29NO5. The Balaban J connectivity index is 1.90. The first-order valence-corrected chi connectivity index (χ1v) is 10.2. The maximum atomic E-state index is 13.5. The first-order valence-electron chi connectivity index (χ1n) is 10.2. The van der Waals surface area contributed by atoms with Crippen molar-refractivity contribution in [1.82, 2.24) is 4.90 Å². The summed E-state index contributed by atoms with van der Waals surface area (Å²) in [5, 5.41) is 9.22. The fraction of sp³-hybridized carbons (Fsp3) is 0.435. The number of carbonyl (C=O) groups is 1. The number of hydrogen-bond donors (Lipinski definition) is 1. The van der Waals surface area contributed by atoms with Crippen molar-refractivity contribution in [1.29, 1.82) is 0 Å². The van der Waals surface area contributed by atoms with E-state index < -0.39 is 11.6 Å². The van der Waals surface area contributed by atoms with Gasteiger partial charge in [-0.3, -0.25) is 4.90 Å². The maximum absolute atomic E-state index is 13.5. The summed E-state index contributed by atoms with van der Waals surface area (Å²) in [4.78, 5) is 15.5. The minimum absolute atomic E-state index is 0.0783. The van der Waals surface area contributed by atoms with E-state index in [9.17, 15) is 9.90 Å². The Labute approximate surface area is 172 Å². The van der Waals surface area contributed by atoms with Gasteiger partial charge in [0.1, 0.15) is 18.1 Å². The smallest absolute Gasteiger partial charge is 0.348 e. The van der Waals surface area contributed by atoms with E-state index >= 15 is 0 Å². The maximum Gasteiger partial charge on any atom is 0.348 e. The molecule has 6 nitrogen and oxygen atoms in total. The number of benzene rings is 2. The standard InChI is InChI=1S/C23H29NO5/c1-3-13-24(14-16-25)15-17-27-22(26)23(28-4-2)18-9-5-7-11-20(18)29-21-12-8-6-10-19(21)23/h5-12,25H,3-4,13-17H2,1-2H3. The van der Waals surface area contributed by atoms with Crippen LogP contribution in [0, 0.1) is 0 Å². The van der Waals surface area contributed by atoms with Crippen LogP contribution in [0.5, 0.6) is 11.5 Å². The molecule has 0 saturated heterocycles. The highest BCUT2D eigenvalue weighted by molar-refractivity contribution is 5.89. The topological polar surface area (TPSA) is 68.2 Å². The van der Waals surface area contributed by atoms with Gasteiger partial charge in [-0.15, -0.1) is 0 Å². The van der Waals surface area contributed by atoms with Gasteiger partial charge in [0.05, 0.1) is 6.61 Å². The molecule has 0 radical (unpaired) electrons. The molecule has 0 unspecified atom stereocenters. The second-order valence-electron chi connectivity index (χ2n) is 6.91. The SMILES string of the molecule is CCCN(CCO)CCOC(=O)C1(OCC)c2ccccc2Oc2ccccc21. The fourth-order valence-electron chi connectivity index (χ4n) is 3.77. The number of fused-ring (bicyclic) bond motifs is 2. The van der Waals surface area contributed by atoms with Gasteiger partial charge in [-0.1, -0.05) is 43.3 Å². The van der Waals surface area contributed by atoms with E-state index in [-0.39, 0.29) is 13.2 Å². The van der Waals surface area contributed by atoms with Crippen molar-refractivity contribution in [2.75, 3.05) is 39.5 Å². The first kappa shape index (κ1) is 21.3. The number of hydrogen-bond acceptors (Lipinski definition) is 6. The van der Waals surface area contributed by atoms with Gasteiger partial charge in [0, 0.05) is 30.8 Å². The normalized spacial score (nSPS) is 14.1. The zero-order valence-corrected chi connectivity index (χ0v) is 17.1. The Morgan fingerprint density at radius 1 is 1.00 bits per heavy atom. The van der Waals surface area contributed by atoms with E-state index in [0.717, 1.165) is 13.0 Å². The molecule has 3 rings (SSSR count). The molecule has 0 atom stereocenters. The highest BCUT2D eigenvalue weighted by Crippen LogP contribution is 2.49. The van der Waals surface area contributed by atoms with E-state index in [0.29, 0.717) is 42.3 Å². The van der Waals surface area contributed by atoms with Gasteiger partial charge in [0.25, 0.3) is 0 Å². The van der Waals surface area contributed by atoms with Crippen LogP contribution in [0.15, 0.2) is 48.5 Å². The van der Waals surface area contributed by atoms with Crippen molar-refractivity contribution >= 4 is 5.97 Å². The fourth-order valence-corrected chi connectivity index (χ4v) is 3.77. The number of aliphatic hydroxyl groups excluding tert-OH is 1. The van der Waals surface area contributed by atoms with Crippen LogP contribution < -0.4 is 4.74 Å². The third-order valence-corrected chi connectivity index (χ3v) is 5.00. The third kappa shape index (κ3) is 4.29. The Bertz CT molecular complexity index is 771. The lowest BCUT2D eigenvalue weighted by Crippen LogP contribution is -2.44. The van der Waals surface area contributed by atoms with E-state index in [1.54, 1.807) is 0 Å². The van der Waals surface area contributed by atoms with Crippen molar-refractivity contribution in [3.63, 3.8) is 0 Å². The van der Waals surface area contributed by atoms with E-state index in [4.69, 9.17) is 14.2 Å². The lowest BCUT2D eigenvalue weighted by Gasteiger charge is -2.37. The molecule has 0 bridgehead atoms. The summed E-state index contributed by atoms with van der Waals surface area (Å²) in [5.41, 5.74) is -0.0788. The van der Waals surface area contributed by atoms with Crippen LogP contribution in [-0.4, -0.2) is 55.4 Å². The van der Waals surface area contributed by atoms with Gasteiger partial charge in [-0.25, -0.2) is 4.79 Å². The highest BCUT2D eigenvalue weighted by atomic mass is 16.6. The van der Waals surface area contributed by atoms with Crippen molar-refractivity contribution < 1.29 is 24.1 Å². The van der Waals surface area contributed by atoms with E-state index in [1.807, 2.05) is 55.5 Å². The minimum atomic E-state index is -1.37. The summed E-state index contributed by atoms with van der Waals surface area (Å²) in [7, 11) is 0. The molecule has 0 amide bonds. The monoisotopic (exact) mass is 399 g/mol. The van der Waals surface area contributed by atoms with Crippen LogP contribution in [0.3, 0.4) is 0 Å². The average Bonchev–Trinajstić information content (AvgIpc) is 2.73. The van der Waals surface area contributed by atoms with Crippen molar-refractivity contribution in [2.45, 2.75) is 25.9 Å². The summed E-state index contributed by atoms with van der Waals surface area (Å²) in [6.45, 7) is 6.53. The Morgan fingerprint density at radius 3 is 2.17 bits per heavy atom. The van der Waals surface area contributed by atoms with Gasteiger partial charge in [0.15, 0.2) is 0 Å². The Kier molecular flexibility index (Phi) is 7.25. The number of ether oxygens (including phenoxy) is 3. The van der Waals surface area contributed by atoms with Crippen LogP contribution in [0.4, 0.5) is 0 Å². The molecule has 6 heteroatoms. The summed E-state index contributed by atoms with van der Waals surface area (Å²) in [6.07, 6.45) is 0.967. The molecule has 0 spiro atoms. The van der Waals surface area contributed by atoms with Gasteiger partial charge in [-0.2, -0.15) is 0 Å². The summed E-state index contributed by atoms with van der Waals surface area (Å²) < 4.78 is 17.9. The first-order chi connectivity index (χ1) is 14.2. The molecule has 0 aliphatic carbocycles. The zero-order valence-electron chi connectivity index (χ0n) is 17.1. The zero-order chi connectivity index (χ0) is 20.7. The third-order valence-electron chi connectivity index (χ3n) is 5.00. The second-order valence-corrected chi connectivity index (χ2v) is 6.91. The predicted octanol–water partition coefficient (Wildman–Crippen LogP) is 3.32. The van der Waals surface area contributed by atoms with E-state index in [2.05, 4.69) is 11.8 Å². The molecule has 0 aromatic heterocycles. The number of aliphatic hydroxyl groups is 1. The van der Waals surface area contributed by atoms with Gasteiger partial charge < -0.3 is 19.3 Å². The summed E-state index contributed by atoms with van der Waals surface area (Å²) >= 11 is 0. The molecule has 156 valence electrons. The molecule has 1 heterocycles.